The van der Waals surface area contributed by atoms with E-state index in [1.165, 1.54) is 24.3 Å². The fourth-order valence-corrected chi connectivity index (χ4v) is 3.87. The topological polar surface area (TPSA) is 99.9 Å². The van der Waals surface area contributed by atoms with Gasteiger partial charge in [-0.3, -0.25) is 0 Å². The summed E-state index contributed by atoms with van der Waals surface area (Å²) in [6.07, 6.45) is 1.46. The Morgan fingerprint density at radius 1 is 1.16 bits per heavy atom. The van der Waals surface area contributed by atoms with Crippen molar-refractivity contribution in [2.75, 3.05) is 6.61 Å². The molecule has 1 saturated carbocycles. The Kier molecular flexibility index (Phi) is 5.09. The number of rotatable bonds is 6. The highest BCUT2D eigenvalue weighted by Gasteiger charge is 2.48. The van der Waals surface area contributed by atoms with Gasteiger partial charge in [0, 0.05) is 16.4 Å². The van der Waals surface area contributed by atoms with Crippen molar-refractivity contribution >= 4 is 16.7 Å². The Labute approximate surface area is 178 Å². The van der Waals surface area contributed by atoms with Gasteiger partial charge in [0.2, 0.25) is 11.5 Å². The van der Waals surface area contributed by atoms with Gasteiger partial charge in [-0.25, -0.2) is 14.2 Å². The van der Waals surface area contributed by atoms with Gasteiger partial charge in [-0.15, -0.1) is 0 Å². The van der Waals surface area contributed by atoms with Gasteiger partial charge < -0.3 is 20.1 Å². The van der Waals surface area contributed by atoms with Crippen LogP contribution in [0.1, 0.15) is 38.8 Å². The lowest BCUT2D eigenvalue weighted by Gasteiger charge is -2.38. The van der Waals surface area contributed by atoms with E-state index in [1.54, 1.807) is 18.2 Å². The van der Waals surface area contributed by atoms with Crippen molar-refractivity contribution in [1.29, 1.82) is 0 Å². The van der Waals surface area contributed by atoms with Crippen molar-refractivity contribution in [2.24, 2.45) is 0 Å². The first-order valence-corrected chi connectivity index (χ1v) is 10.1. The average molecular weight is 425 g/mol. The number of aliphatic hydroxyl groups is 1. The molecule has 0 amide bonds. The molecular weight excluding hydrogens is 401 g/mol. The maximum Gasteiger partial charge on any atom is 0.348 e. The highest BCUT2D eigenvalue weighted by atomic mass is 19.1. The van der Waals surface area contributed by atoms with Crippen LogP contribution in [0.4, 0.5) is 4.39 Å². The van der Waals surface area contributed by atoms with Crippen LogP contribution in [0.2, 0.25) is 0 Å². The smallest absolute Gasteiger partial charge is 0.348 e. The third kappa shape index (κ3) is 3.59. The van der Waals surface area contributed by atoms with Gasteiger partial charge in [0.1, 0.15) is 11.6 Å². The van der Waals surface area contributed by atoms with Crippen molar-refractivity contribution in [3.63, 3.8) is 0 Å². The second kappa shape index (κ2) is 7.50. The number of phenolic OH excluding ortho intramolecular Hbond substituents is 1. The highest BCUT2D eigenvalue weighted by molar-refractivity contribution is 6.01. The number of aliphatic carboxylic acids is 1. The number of fused-ring (bicyclic) bond motifs is 1. The van der Waals surface area contributed by atoms with Gasteiger partial charge in [-0.1, -0.05) is 26.0 Å². The molecule has 1 heterocycles. The van der Waals surface area contributed by atoms with Gasteiger partial charge in [-0.05, 0) is 60.5 Å². The number of benzene rings is 2. The van der Waals surface area contributed by atoms with E-state index < -0.39 is 17.0 Å². The summed E-state index contributed by atoms with van der Waals surface area (Å²) in [7, 11) is 0. The molecule has 2 aromatic carbocycles. The summed E-state index contributed by atoms with van der Waals surface area (Å²) in [5.74, 6) is -1.36. The van der Waals surface area contributed by atoms with Crippen LogP contribution in [0.25, 0.3) is 21.9 Å². The van der Waals surface area contributed by atoms with Gasteiger partial charge >= 0.3 is 5.97 Å². The predicted octanol–water partition coefficient (Wildman–Crippen LogP) is 4.40. The quantitative estimate of drug-likeness (QED) is 0.541. The molecule has 31 heavy (non-hydrogen) atoms. The molecule has 7 heteroatoms. The molecule has 3 aromatic rings. The fourth-order valence-electron chi connectivity index (χ4n) is 3.87. The number of hydrogen-bond donors (Lipinski definition) is 3. The Morgan fingerprint density at radius 3 is 2.39 bits per heavy atom. The summed E-state index contributed by atoms with van der Waals surface area (Å²) >= 11 is 0. The molecule has 0 bridgehead atoms. The van der Waals surface area contributed by atoms with Gasteiger partial charge in [0.05, 0.1) is 12.3 Å². The molecule has 0 atom stereocenters. The molecule has 0 saturated heterocycles. The van der Waals surface area contributed by atoms with Gasteiger partial charge in [0.15, 0.2) is 0 Å². The van der Waals surface area contributed by atoms with E-state index >= 15 is 0 Å². The Hall–Kier alpha value is -3.19. The summed E-state index contributed by atoms with van der Waals surface area (Å²) < 4.78 is 19.6. The number of nitrogens with zero attached hydrogens (tertiary/aromatic N) is 1. The summed E-state index contributed by atoms with van der Waals surface area (Å²) in [4.78, 5) is 16.6. The van der Waals surface area contributed by atoms with E-state index in [2.05, 4.69) is 4.98 Å². The van der Waals surface area contributed by atoms with Crippen LogP contribution in [0.5, 0.6) is 11.6 Å². The number of ether oxygens (including phenoxy) is 1. The maximum absolute atomic E-state index is 13.6. The zero-order valence-corrected chi connectivity index (χ0v) is 17.4. The summed E-state index contributed by atoms with van der Waals surface area (Å²) in [5.41, 5.74) is -0.314. The predicted molar refractivity (Wildman–Crippen MR) is 114 cm³/mol. The number of aliphatic hydroxyl groups excluding tert-OH is 1. The third-order valence-electron chi connectivity index (χ3n) is 5.97. The van der Waals surface area contributed by atoms with E-state index in [0.29, 0.717) is 40.4 Å². The Balaban J connectivity index is 2.04. The minimum atomic E-state index is -1.36. The molecule has 6 nitrogen and oxygen atoms in total. The second-order valence-corrected chi connectivity index (χ2v) is 8.67. The lowest BCUT2D eigenvalue weighted by atomic mass is 9.80. The third-order valence-corrected chi connectivity index (χ3v) is 5.97. The molecule has 0 aliphatic heterocycles. The minimum Gasteiger partial charge on any atom is -0.508 e. The number of carboxylic acid groups (broad SMARTS) is 1. The summed E-state index contributed by atoms with van der Waals surface area (Å²) in [6.45, 7) is 3.41. The molecule has 0 radical (unpaired) electrons. The zero-order valence-electron chi connectivity index (χ0n) is 17.4. The van der Waals surface area contributed by atoms with E-state index in [1.807, 2.05) is 13.8 Å². The zero-order chi connectivity index (χ0) is 22.4. The van der Waals surface area contributed by atoms with Crippen LogP contribution in [0.3, 0.4) is 0 Å². The highest BCUT2D eigenvalue weighted by Crippen LogP contribution is 2.44. The largest absolute Gasteiger partial charge is 0.508 e. The van der Waals surface area contributed by atoms with Crippen LogP contribution in [-0.4, -0.2) is 38.5 Å². The van der Waals surface area contributed by atoms with Crippen molar-refractivity contribution in [3.8, 4) is 22.8 Å². The van der Waals surface area contributed by atoms with Crippen molar-refractivity contribution < 1.29 is 29.2 Å². The number of pyridine rings is 1. The number of aromatic hydroxyl groups is 1. The molecule has 1 aromatic heterocycles. The first-order chi connectivity index (χ1) is 14.7. The van der Waals surface area contributed by atoms with Crippen LogP contribution < -0.4 is 4.74 Å². The SMILES string of the molecule is CC(C)(CO)c1nc(OC2(C(=O)O)CCC2)c2cc(O)ccc2c1-c1ccc(F)cc1. The summed E-state index contributed by atoms with van der Waals surface area (Å²) in [6, 6.07) is 10.6. The molecule has 162 valence electrons. The molecule has 3 N–H and O–H groups in total. The Bertz CT molecular complexity index is 1150. The van der Waals surface area contributed by atoms with Crippen LogP contribution >= 0.6 is 0 Å². The fraction of sp³-hybridized carbons (Fsp3) is 0.333. The van der Waals surface area contributed by atoms with E-state index in [-0.39, 0.29) is 24.1 Å². The van der Waals surface area contributed by atoms with E-state index in [9.17, 15) is 24.5 Å². The van der Waals surface area contributed by atoms with Crippen LogP contribution in [0, 0.1) is 5.82 Å². The molecular formula is C24H24FNO5. The first kappa shape index (κ1) is 21.1. The maximum atomic E-state index is 13.6. The number of carboxylic acids is 1. The summed E-state index contributed by atoms with van der Waals surface area (Å²) in [5, 5.41) is 31.0. The standard InChI is InChI=1S/C24H24FNO5/c1-23(2,13-27)20-19(14-4-6-15(25)7-5-14)17-9-8-16(28)12-18(17)21(26-20)31-24(22(29)30)10-3-11-24/h4-9,12,27-28H,3,10-11,13H2,1-2H3,(H,29,30). The Morgan fingerprint density at radius 2 is 1.84 bits per heavy atom. The van der Waals surface area contributed by atoms with Crippen molar-refractivity contribution in [1.82, 2.24) is 4.98 Å². The lowest BCUT2D eigenvalue weighted by molar-refractivity contribution is -0.163. The number of phenols is 1. The molecule has 1 aliphatic carbocycles. The average Bonchev–Trinajstić information content (AvgIpc) is 2.70. The lowest BCUT2D eigenvalue weighted by Crippen LogP contribution is -2.50. The van der Waals surface area contributed by atoms with Gasteiger partial charge in [-0.2, -0.15) is 0 Å². The normalized spacial score (nSPS) is 15.5. The minimum absolute atomic E-state index is 0.0173. The molecule has 4 rings (SSSR count). The first-order valence-electron chi connectivity index (χ1n) is 10.1. The molecule has 0 unspecified atom stereocenters. The van der Waals surface area contributed by atoms with Crippen LogP contribution in [0.15, 0.2) is 42.5 Å². The number of halogens is 1. The van der Waals surface area contributed by atoms with E-state index in [0.717, 1.165) is 6.42 Å². The molecule has 0 spiro atoms. The van der Waals surface area contributed by atoms with Crippen molar-refractivity contribution in [2.45, 2.75) is 44.1 Å². The van der Waals surface area contributed by atoms with Crippen molar-refractivity contribution in [3.05, 3.63) is 54.0 Å². The second-order valence-electron chi connectivity index (χ2n) is 8.67. The molecule has 1 fully saturated rings. The number of hydrogen-bond acceptors (Lipinski definition) is 5. The van der Waals surface area contributed by atoms with Gasteiger partial charge in [0.25, 0.3) is 0 Å². The number of carbonyl (C=O) groups is 1. The number of aromatic nitrogens is 1. The monoisotopic (exact) mass is 425 g/mol. The van der Waals surface area contributed by atoms with Crippen LogP contribution in [-0.2, 0) is 10.2 Å². The van der Waals surface area contributed by atoms with E-state index in [4.69, 9.17) is 4.74 Å². The molecule has 1 aliphatic rings.